The van der Waals surface area contributed by atoms with Crippen LogP contribution >= 0.6 is 15.9 Å². The summed E-state index contributed by atoms with van der Waals surface area (Å²) in [6, 6.07) is 3.78. The smallest absolute Gasteiger partial charge is 0.243 e. The molecule has 2 rings (SSSR count). The van der Waals surface area contributed by atoms with Gasteiger partial charge in [0.25, 0.3) is 0 Å². The van der Waals surface area contributed by atoms with Gasteiger partial charge < -0.3 is 10.2 Å². The van der Waals surface area contributed by atoms with E-state index in [9.17, 15) is 14.0 Å². The highest BCUT2D eigenvalue weighted by Crippen LogP contribution is 2.29. The van der Waals surface area contributed by atoms with Gasteiger partial charge in [-0.15, -0.1) is 0 Å². The number of hydrogen-bond donors (Lipinski definition) is 1. The molecule has 0 spiro atoms. The minimum atomic E-state index is -0.546. The van der Waals surface area contributed by atoms with Crippen molar-refractivity contribution >= 4 is 27.7 Å². The molecule has 21 heavy (non-hydrogen) atoms. The molecule has 4 nitrogen and oxygen atoms in total. The minimum absolute atomic E-state index is 0.00419. The summed E-state index contributed by atoms with van der Waals surface area (Å²) in [5, 5.41) is 2.63. The summed E-state index contributed by atoms with van der Waals surface area (Å²) < 4.78 is 13.7. The monoisotopic (exact) mass is 356 g/mol. The quantitative estimate of drug-likeness (QED) is 0.884. The lowest BCUT2D eigenvalue weighted by Gasteiger charge is -2.42. The summed E-state index contributed by atoms with van der Waals surface area (Å²) in [6.07, 6.45) is 0. The van der Waals surface area contributed by atoms with Crippen LogP contribution in [0.1, 0.15) is 26.3 Å². The molecule has 1 heterocycles. The maximum Gasteiger partial charge on any atom is 0.243 e. The molecule has 0 bridgehead atoms. The Bertz CT molecular complexity index is 584. The normalized spacial score (nSPS) is 19.7. The van der Waals surface area contributed by atoms with Crippen LogP contribution in [0.3, 0.4) is 0 Å². The fourth-order valence-electron chi connectivity index (χ4n) is 2.52. The Morgan fingerprint density at radius 2 is 2.05 bits per heavy atom. The van der Waals surface area contributed by atoms with Gasteiger partial charge in [0.15, 0.2) is 0 Å². The molecule has 2 amide bonds. The van der Waals surface area contributed by atoms with E-state index in [2.05, 4.69) is 21.2 Å². The summed E-state index contributed by atoms with van der Waals surface area (Å²) in [6.45, 7) is 6.03. The molecule has 1 saturated heterocycles. The van der Waals surface area contributed by atoms with Gasteiger partial charge in [-0.1, -0.05) is 42.8 Å². The maximum absolute atomic E-state index is 13.2. The fraction of sp³-hybridized carbons (Fsp3) is 0.467. The summed E-state index contributed by atoms with van der Waals surface area (Å²) in [4.78, 5) is 25.9. The number of nitrogens with one attached hydrogen (secondary N) is 1. The Kier molecular flexibility index (Phi) is 4.37. The van der Waals surface area contributed by atoms with Crippen molar-refractivity contribution in [2.24, 2.45) is 5.41 Å². The molecule has 1 aliphatic rings. The third-order valence-corrected chi connectivity index (χ3v) is 4.21. The molecular formula is C15H18BrFN2O2. The van der Waals surface area contributed by atoms with Crippen LogP contribution in [-0.2, 0) is 16.1 Å². The first-order valence-electron chi connectivity index (χ1n) is 6.71. The van der Waals surface area contributed by atoms with E-state index in [1.807, 2.05) is 20.8 Å². The molecule has 1 unspecified atom stereocenters. The van der Waals surface area contributed by atoms with E-state index in [4.69, 9.17) is 0 Å². The number of nitrogens with zero attached hydrogens (tertiary/aromatic N) is 1. The van der Waals surface area contributed by atoms with Gasteiger partial charge >= 0.3 is 0 Å². The molecule has 0 saturated carbocycles. The maximum atomic E-state index is 13.2. The molecule has 0 aliphatic carbocycles. The van der Waals surface area contributed by atoms with Gasteiger partial charge in [0.1, 0.15) is 11.9 Å². The van der Waals surface area contributed by atoms with Crippen LogP contribution in [0.15, 0.2) is 22.7 Å². The Morgan fingerprint density at radius 1 is 1.38 bits per heavy atom. The van der Waals surface area contributed by atoms with E-state index in [1.165, 1.54) is 12.1 Å². The Morgan fingerprint density at radius 3 is 2.62 bits per heavy atom. The van der Waals surface area contributed by atoms with E-state index in [1.54, 1.807) is 11.0 Å². The van der Waals surface area contributed by atoms with Crippen molar-refractivity contribution in [3.05, 3.63) is 34.1 Å². The second-order valence-corrected chi connectivity index (χ2v) is 7.10. The highest BCUT2D eigenvalue weighted by molar-refractivity contribution is 9.10. The third-order valence-electron chi connectivity index (χ3n) is 3.47. The molecule has 1 aromatic carbocycles. The highest BCUT2D eigenvalue weighted by Gasteiger charge is 2.42. The zero-order chi connectivity index (χ0) is 15.8. The number of amides is 2. The largest absolute Gasteiger partial charge is 0.345 e. The van der Waals surface area contributed by atoms with Gasteiger partial charge in [0.2, 0.25) is 11.8 Å². The highest BCUT2D eigenvalue weighted by atomic mass is 79.9. The molecule has 6 heteroatoms. The Hall–Kier alpha value is -1.43. The van der Waals surface area contributed by atoms with Gasteiger partial charge in [-0.05, 0) is 23.1 Å². The number of rotatable bonds is 2. The minimum Gasteiger partial charge on any atom is -0.345 e. The number of halogens is 2. The second kappa shape index (κ2) is 5.75. The van der Waals surface area contributed by atoms with Crippen molar-refractivity contribution in [3.63, 3.8) is 0 Å². The number of benzene rings is 1. The molecule has 0 radical (unpaired) electrons. The first kappa shape index (κ1) is 15.9. The molecule has 1 N–H and O–H groups in total. The molecule has 0 aromatic heterocycles. The predicted molar refractivity (Wildman–Crippen MR) is 80.9 cm³/mol. The summed E-state index contributed by atoms with van der Waals surface area (Å²) >= 11 is 3.30. The van der Waals surface area contributed by atoms with Gasteiger partial charge in [-0.3, -0.25) is 9.59 Å². The number of piperazine rings is 1. The predicted octanol–water partition coefficient (Wildman–Crippen LogP) is 2.46. The Labute approximate surface area is 131 Å². The molecule has 1 aromatic rings. The number of carbonyl (C=O) groups is 2. The topological polar surface area (TPSA) is 49.4 Å². The van der Waals surface area contributed by atoms with E-state index < -0.39 is 6.04 Å². The van der Waals surface area contributed by atoms with E-state index in [0.717, 1.165) is 5.56 Å². The lowest BCUT2D eigenvalue weighted by atomic mass is 9.83. The lowest BCUT2D eigenvalue weighted by molar-refractivity contribution is -0.150. The second-order valence-electron chi connectivity index (χ2n) is 6.24. The lowest BCUT2D eigenvalue weighted by Crippen LogP contribution is -2.62. The van der Waals surface area contributed by atoms with Gasteiger partial charge in [0.05, 0.1) is 6.54 Å². The van der Waals surface area contributed by atoms with Crippen LogP contribution in [0.5, 0.6) is 0 Å². The van der Waals surface area contributed by atoms with Crippen LogP contribution in [0, 0.1) is 11.2 Å². The summed E-state index contributed by atoms with van der Waals surface area (Å²) in [7, 11) is 0. The van der Waals surface area contributed by atoms with Crippen LogP contribution in [-0.4, -0.2) is 29.3 Å². The van der Waals surface area contributed by atoms with Crippen molar-refractivity contribution in [1.82, 2.24) is 10.2 Å². The van der Waals surface area contributed by atoms with Crippen LogP contribution < -0.4 is 5.32 Å². The first-order chi connectivity index (χ1) is 9.70. The van der Waals surface area contributed by atoms with Gasteiger partial charge in [-0.25, -0.2) is 4.39 Å². The molecule has 1 aliphatic heterocycles. The summed E-state index contributed by atoms with van der Waals surface area (Å²) in [5.74, 6) is -0.633. The fourth-order valence-corrected chi connectivity index (χ4v) is 3.00. The third kappa shape index (κ3) is 3.43. The molecule has 1 atom stereocenters. The standard InChI is InChI=1S/C15H18BrFN2O2/c1-15(2,3)13-14(21)18-7-12(20)19(13)8-9-4-5-10(17)6-11(9)16/h4-6,13H,7-8H2,1-3H3,(H,18,21). The molecular weight excluding hydrogens is 339 g/mol. The zero-order valence-electron chi connectivity index (χ0n) is 12.2. The van der Waals surface area contributed by atoms with Crippen LogP contribution in [0.4, 0.5) is 4.39 Å². The van der Waals surface area contributed by atoms with Crippen molar-refractivity contribution in [2.45, 2.75) is 33.4 Å². The van der Waals surface area contributed by atoms with Crippen molar-refractivity contribution < 1.29 is 14.0 Å². The SMILES string of the molecule is CC(C)(C)C1C(=O)NCC(=O)N1Cc1ccc(F)cc1Br. The number of hydrogen-bond acceptors (Lipinski definition) is 2. The molecule has 1 fully saturated rings. The van der Waals surface area contributed by atoms with Crippen molar-refractivity contribution in [2.75, 3.05) is 6.54 Å². The van der Waals surface area contributed by atoms with E-state index in [0.29, 0.717) is 4.47 Å². The Balaban J connectivity index is 2.33. The molecule has 114 valence electrons. The van der Waals surface area contributed by atoms with E-state index >= 15 is 0 Å². The van der Waals surface area contributed by atoms with Crippen LogP contribution in [0.2, 0.25) is 0 Å². The van der Waals surface area contributed by atoms with Crippen molar-refractivity contribution in [3.8, 4) is 0 Å². The zero-order valence-corrected chi connectivity index (χ0v) is 13.8. The first-order valence-corrected chi connectivity index (χ1v) is 7.50. The van der Waals surface area contributed by atoms with Crippen LogP contribution in [0.25, 0.3) is 0 Å². The van der Waals surface area contributed by atoms with E-state index in [-0.39, 0.29) is 36.1 Å². The summed E-state index contributed by atoms with van der Waals surface area (Å²) in [5.41, 5.74) is 0.390. The van der Waals surface area contributed by atoms with Crippen molar-refractivity contribution in [1.29, 1.82) is 0 Å². The van der Waals surface area contributed by atoms with Gasteiger partial charge in [-0.2, -0.15) is 0 Å². The number of carbonyl (C=O) groups excluding carboxylic acids is 2. The average Bonchev–Trinajstić information content (AvgIpc) is 2.35. The van der Waals surface area contributed by atoms with Gasteiger partial charge in [0, 0.05) is 11.0 Å². The average molecular weight is 357 g/mol.